The highest BCUT2D eigenvalue weighted by Crippen LogP contribution is 2.30. The molecule has 2 heterocycles. The summed E-state index contributed by atoms with van der Waals surface area (Å²) in [6, 6.07) is 10.3. The van der Waals surface area contributed by atoms with E-state index in [0.717, 1.165) is 42.9 Å². The fraction of sp³-hybridized carbons (Fsp3) is 0.304. The molecule has 7 heteroatoms. The molecule has 1 aliphatic heterocycles. The number of benzene rings is 2. The maximum absolute atomic E-state index is 13.4. The Kier molecular flexibility index (Phi) is 5.44. The van der Waals surface area contributed by atoms with Crippen molar-refractivity contribution in [2.75, 3.05) is 25.1 Å². The minimum absolute atomic E-state index is 0.0206. The smallest absolute Gasteiger partial charge is 0.308 e. The SMILES string of the molecule is COC(=O)C1CCN(c2ccc(N=Cc3c(O)[nH]c4cc(F)ccc34)cc2C)CC1. The number of nitrogens with one attached hydrogen (secondary N) is 1. The quantitative estimate of drug-likeness (QED) is 0.493. The van der Waals surface area contributed by atoms with Crippen molar-refractivity contribution in [3.8, 4) is 5.88 Å². The number of fused-ring (bicyclic) bond motifs is 1. The largest absolute Gasteiger partial charge is 0.494 e. The Morgan fingerprint density at radius 1 is 1.27 bits per heavy atom. The van der Waals surface area contributed by atoms with Gasteiger partial charge >= 0.3 is 5.97 Å². The number of H-pyrrole nitrogens is 1. The predicted octanol–water partition coefficient (Wildman–Crippen LogP) is 4.46. The lowest BCUT2D eigenvalue weighted by Crippen LogP contribution is -2.37. The minimum Gasteiger partial charge on any atom is -0.494 e. The monoisotopic (exact) mass is 409 g/mol. The number of halogens is 1. The van der Waals surface area contributed by atoms with Gasteiger partial charge in [0.05, 0.1) is 29.8 Å². The molecule has 4 rings (SSSR count). The molecule has 1 aliphatic rings. The van der Waals surface area contributed by atoms with E-state index in [0.29, 0.717) is 16.5 Å². The number of carbonyl (C=O) groups is 1. The average molecular weight is 409 g/mol. The number of carbonyl (C=O) groups excluding carboxylic acids is 1. The molecular weight excluding hydrogens is 385 g/mol. The van der Waals surface area contributed by atoms with Gasteiger partial charge in [-0.15, -0.1) is 0 Å². The molecule has 0 aliphatic carbocycles. The summed E-state index contributed by atoms with van der Waals surface area (Å²) < 4.78 is 18.2. The molecule has 1 aromatic heterocycles. The van der Waals surface area contributed by atoms with Crippen LogP contribution in [0.4, 0.5) is 15.8 Å². The second kappa shape index (κ2) is 8.18. The molecule has 0 saturated carbocycles. The minimum atomic E-state index is -0.367. The van der Waals surface area contributed by atoms with Gasteiger partial charge in [-0.05, 0) is 61.7 Å². The molecule has 6 nitrogen and oxygen atoms in total. The van der Waals surface area contributed by atoms with Crippen LogP contribution in [0.5, 0.6) is 5.88 Å². The molecule has 0 atom stereocenters. The number of esters is 1. The van der Waals surface area contributed by atoms with Gasteiger partial charge in [-0.25, -0.2) is 4.39 Å². The molecular formula is C23H24FN3O3. The first-order valence-corrected chi connectivity index (χ1v) is 9.94. The van der Waals surface area contributed by atoms with Crippen molar-refractivity contribution in [2.45, 2.75) is 19.8 Å². The summed E-state index contributed by atoms with van der Waals surface area (Å²) in [6.07, 6.45) is 3.15. The number of hydrogen-bond acceptors (Lipinski definition) is 5. The van der Waals surface area contributed by atoms with Crippen LogP contribution in [-0.2, 0) is 9.53 Å². The van der Waals surface area contributed by atoms with E-state index < -0.39 is 0 Å². The van der Waals surface area contributed by atoms with Crippen LogP contribution in [0.2, 0.25) is 0 Å². The number of nitrogens with zero attached hydrogens (tertiary/aromatic N) is 2. The Morgan fingerprint density at radius 3 is 2.73 bits per heavy atom. The zero-order valence-electron chi connectivity index (χ0n) is 17.0. The Labute approximate surface area is 174 Å². The number of anilines is 1. The molecule has 0 unspecified atom stereocenters. The van der Waals surface area contributed by atoms with E-state index in [2.05, 4.69) is 14.9 Å². The maximum Gasteiger partial charge on any atom is 0.308 e. The summed E-state index contributed by atoms with van der Waals surface area (Å²) in [7, 11) is 1.44. The summed E-state index contributed by atoms with van der Waals surface area (Å²) in [5.41, 5.74) is 4.03. The highest BCUT2D eigenvalue weighted by molar-refractivity contribution is 6.02. The van der Waals surface area contributed by atoms with Gasteiger partial charge in [-0.2, -0.15) is 0 Å². The molecule has 2 aromatic carbocycles. The van der Waals surface area contributed by atoms with Crippen molar-refractivity contribution in [2.24, 2.45) is 10.9 Å². The third-order valence-corrected chi connectivity index (χ3v) is 5.67. The molecule has 2 N–H and O–H groups in total. The van der Waals surface area contributed by atoms with Crippen LogP contribution >= 0.6 is 0 Å². The summed E-state index contributed by atoms with van der Waals surface area (Å²) >= 11 is 0. The van der Waals surface area contributed by atoms with E-state index in [1.807, 2.05) is 25.1 Å². The van der Waals surface area contributed by atoms with E-state index in [9.17, 15) is 14.3 Å². The van der Waals surface area contributed by atoms with E-state index in [1.165, 1.54) is 19.2 Å². The van der Waals surface area contributed by atoms with Gasteiger partial charge in [0.1, 0.15) is 5.82 Å². The lowest BCUT2D eigenvalue weighted by Gasteiger charge is -2.33. The van der Waals surface area contributed by atoms with Crippen LogP contribution in [0.15, 0.2) is 41.4 Å². The lowest BCUT2D eigenvalue weighted by molar-refractivity contribution is -0.146. The fourth-order valence-electron chi connectivity index (χ4n) is 4.04. The Hall–Kier alpha value is -3.35. The normalized spacial score (nSPS) is 15.2. The number of methoxy groups -OCH3 is 1. The van der Waals surface area contributed by atoms with Gasteiger partial charge in [-0.3, -0.25) is 9.79 Å². The van der Waals surface area contributed by atoms with E-state index in [4.69, 9.17) is 4.74 Å². The number of aromatic hydroxyl groups is 1. The highest BCUT2D eigenvalue weighted by Gasteiger charge is 2.26. The zero-order valence-corrected chi connectivity index (χ0v) is 17.0. The van der Waals surface area contributed by atoms with Crippen LogP contribution in [0.25, 0.3) is 10.9 Å². The molecule has 1 fully saturated rings. The van der Waals surface area contributed by atoms with Crippen molar-refractivity contribution < 1.29 is 19.0 Å². The summed E-state index contributed by atoms with van der Waals surface area (Å²) in [4.78, 5) is 21.3. The molecule has 3 aromatic rings. The van der Waals surface area contributed by atoms with Crippen molar-refractivity contribution in [1.29, 1.82) is 0 Å². The van der Waals surface area contributed by atoms with E-state index in [1.54, 1.807) is 12.3 Å². The Bertz CT molecular complexity index is 1110. The van der Waals surface area contributed by atoms with Gasteiger partial charge < -0.3 is 19.7 Å². The molecule has 156 valence electrons. The number of aryl methyl sites for hydroxylation is 1. The molecule has 1 saturated heterocycles. The second-order valence-electron chi connectivity index (χ2n) is 7.59. The molecule has 30 heavy (non-hydrogen) atoms. The first-order chi connectivity index (χ1) is 14.5. The van der Waals surface area contributed by atoms with Crippen LogP contribution < -0.4 is 4.90 Å². The van der Waals surface area contributed by atoms with Crippen molar-refractivity contribution in [1.82, 2.24) is 4.98 Å². The van der Waals surface area contributed by atoms with Crippen molar-refractivity contribution in [3.05, 3.63) is 53.3 Å². The zero-order chi connectivity index (χ0) is 21.3. The van der Waals surface area contributed by atoms with Crippen LogP contribution in [-0.4, -0.2) is 42.5 Å². The number of hydrogen-bond donors (Lipinski definition) is 2. The summed E-state index contributed by atoms with van der Waals surface area (Å²) in [6.45, 7) is 3.65. The fourth-order valence-corrected chi connectivity index (χ4v) is 4.04. The third kappa shape index (κ3) is 3.87. The number of aromatic amines is 1. The number of aromatic nitrogens is 1. The van der Waals surface area contributed by atoms with Gasteiger partial charge in [-0.1, -0.05) is 0 Å². The summed E-state index contributed by atoms with van der Waals surface area (Å²) in [5, 5.41) is 10.8. The molecule has 0 radical (unpaired) electrons. The van der Waals surface area contributed by atoms with Crippen LogP contribution in [0.3, 0.4) is 0 Å². The number of aliphatic imine (C=N–C) groups is 1. The third-order valence-electron chi connectivity index (χ3n) is 5.67. The van der Waals surface area contributed by atoms with Crippen LogP contribution in [0.1, 0.15) is 24.0 Å². The van der Waals surface area contributed by atoms with Gasteiger partial charge in [0.25, 0.3) is 0 Å². The first-order valence-electron chi connectivity index (χ1n) is 9.94. The standard InChI is InChI=1S/C23H24FN3O3/c1-14-11-17(4-6-21(14)27-9-7-15(8-10-27)23(29)30-2)25-13-19-18-5-3-16(24)12-20(18)26-22(19)28/h3-6,11-13,15,26,28H,7-10H2,1-2H3. The van der Waals surface area contributed by atoms with E-state index in [-0.39, 0.29) is 23.6 Å². The topological polar surface area (TPSA) is 77.9 Å². The maximum atomic E-state index is 13.4. The Morgan fingerprint density at radius 2 is 2.03 bits per heavy atom. The van der Waals surface area contributed by atoms with E-state index >= 15 is 0 Å². The number of rotatable bonds is 4. The molecule has 0 spiro atoms. The number of ether oxygens (including phenoxy) is 1. The Balaban J connectivity index is 1.50. The highest BCUT2D eigenvalue weighted by atomic mass is 19.1. The predicted molar refractivity (Wildman–Crippen MR) is 115 cm³/mol. The number of piperidine rings is 1. The van der Waals surface area contributed by atoms with Crippen molar-refractivity contribution >= 4 is 34.5 Å². The van der Waals surface area contributed by atoms with Crippen LogP contribution in [0, 0.1) is 18.7 Å². The second-order valence-corrected chi connectivity index (χ2v) is 7.59. The first kappa shape index (κ1) is 19.9. The molecule has 0 bridgehead atoms. The van der Waals surface area contributed by atoms with Gasteiger partial charge in [0.15, 0.2) is 5.88 Å². The summed E-state index contributed by atoms with van der Waals surface area (Å²) in [5.74, 6) is -0.553. The lowest BCUT2D eigenvalue weighted by atomic mass is 9.96. The average Bonchev–Trinajstić information content (AvgIpc) is 3.05. The van der Waals surface area contributed by atoms with Gasteiger partial charge in [0.2, 0.25) is 0 Å². The molecule has 0 amide bonds. The van der Waals surface area contributed by atoms with Gasteiger partial charge in [0, 0.05) is 30.4 Å². The van der Waals surface area contributed by atoms with Crippen molar-refractivity contribution in [3.63, 3.8) is 0 Å².